The third-order valence-electron chi connectivity index (χ3n) is 2.99. The lowest BCUT2D eigenvalue weighted by molar-refractivity contribution is 0.0785. The molecule has 0 unspecified atom stereocenters. The molecule has 2 N–H and O–H groups in total. The molecule has 1 aromatic carbocycles. The fourth-order valence-corrected chi connectivity index (χ4v) is 1.97. The highest BCUT2D eigenvalue weighted by molar-refractivity contribution is 5.94. The molecule has 0 spiro atoms. The van der Waals surface area contributed by atoms with Crippen LogP contribution in [0.2, 0.25) is 0 Å². The van der Waals surface area contributed by atoms with Gasteiger partial charge in [0.2, 0.25) is 0 Å². The van der Waals surface area contributed by atoms with E-state index in [0.29, 0.717) is 18.7 Å². The first-order chi connectivity index (χ1) is 10.1. The van der Waals surface area contributed by atoms with Gasteiger partial charge in [-0.3, -0.25) is 9.48 Å². The Kier molecular flexibility index (Phi) is 4.75. The first-order valence-corrected chi connectivity index (χ1v) is 6.62. The van der Waals surface area contributed by atoms with Gasteiger partial charge in [-0.05, 0) is 24.3 Å². The highest BCUT2D eigenvalue weighted by Gasteiger charge is 2.12. The second-order valence-corrected chi connectivity index (χ2v) is 4.77. The van der Waals surface area contributed by atoms with Gasteiger partial charge in [0, 0.05) is 43.5 Å². The van der Waals surface area contributed by atoms with Crippen molar-refractivity contribution in [3.8, 4) is 11.8 Å². The molecule has 0 fully saturated rings. The van der Waals surface area contributed by atoms with Gasteiger partial charge in [0.1, 0.15) is 0 Å². The summed E-state index contributed by atoms with van der Waals surface area (Å²) in [7, 11) is 3.63. The second kappa shape index (κ2) is 6.73. The summed E-state index contributed by atoms with van der Waals surface area (Å²) in [6.45, 7) is 0.857. The van der Waals surface area contributed by atoms with Crippen molar-refractivity contribution >= 4 is 5.91 Å². The van der Waals surface area contributed by atoms with E-state index in [9.17, 15) is 4.79 Å². The van der Waals surface area contributed by atoms with Crippen LogP contribution in [0.5, 0.6) is 0 Å². The largest absolute Gasteiger partial charge is 0.337 e. The number of amides is 1. The maximum absolute atomic E-state index is 12.3. The van der Waals surface area contributed by atoms with E-state index in [4.69, 9.17) is 5.73 Å². The molecule has 2 aromatic rings. The van der Waals surface area contributed by atoms with Gasteiger partial charge in [-0.25, -0.2) is 0 Å². The number of nitrogens with two attached hydrogens (primary N) is 1. The van der Waals surface area contributed by atoms with Gasteiger partial charge in [0.25, 0.3) is 5.91 Å². The zero-order chi connectivity index (χ0) is 15.2. The van der Waals surface area contributed by atoms with E-state index in [0.717, 1.165) is 11.1 Å². The molecule has 5 nitrogen and oxygen atoms in total. The molecular weight excluding hydrogens is 264 g/mol. The normalized spacial score (nSPS) is 9.86. The van der Waals surface area contributed by atoms with Crippen LogP contribution in [0.4, 0.5) is 0 Å². The standard InChI is InChI=1S/C16H18N4O/c1-19(11-14-10-18-20(2)12-14)16(21)15-7-5-13(6-8-15)4-3-9-17/h5-8,10,12H,9,11,17H2,1-2H3. The van der Waals surface area contributed by atoms with Crippen LogP contribution in [0, 0.1) is 11.8 Å². The Morgan fingerprint density at radius 2 is 2.10 bits per heavy atom. The van der Waals surface area contributed by atoms with Crippen molar-refractivity contribution in [3.63, 3.8) is 0 Å². The third-order valence-corrected chi connectivity index (χ3v) is 2.99. The van der Waals surface area contributed by atoms with Crippen molar-refractivity contribution in [2.75, 3.05) is 13.6 Å². The zero-order valence-corrected chi connectivity index (χ0v) is 12.2. The van der Waals surface area contributed by atoms with Crippen LogP contribution in [0.3, 0.4) is 0 Å². The number of hydrogen-bond acceptors (Lipinski definition) is 3. The van der Waals surface area contributed by atoms with Crippen LogP contribution in [-0.4, -0.2) is 34.2 Å². The van der Waals surface area contributed by atoms with Crippen LogP contribution in [0.1, 0.15) is 21.5 Å². The van der Waals surface area contributed by atoms with Crippen LogP contribution >= 0.6 is 0 Å². The SMILES string of the molecule is CN(Cc1cnn(C)c1)C(=O)c1ccc(C#CCN)cc1. The van der Waals surface area contributed by atoms with E-state index in [1.807, 2.05) is 25.4 Å². The van der Waals surface area contributed by atoms with Gasteiger partial charge in [-0.2, -0.15) is 5.10 Å². The predicted molar refractivity (Wildman–Crippen MR) is 81.4 cm³/mol. The van der Waals surface area contributed by atoms with Crippen LogP contribution in [-0.2, 0) is 13.6 Å². The summed E-state index contributed by atoms with van der Waals surface area (Å²) in [6.07, 6.45) is 3.66. The Morgan fingerprint density at radius 3 is 2.67 bits per heavy atom. The quantitative estimate of drug-likeness (QED) is 0.854. The van der Waals surface area contributed by atoms with Gasteiger partial charge in [0.05, 0.1) is 12.7 Å². The number of aryl methyl sites for hydroxylation is 1. The van der Waals surface area contributed by atoms with Gasteiger partial charge in [-0.1, -0.05) is 11.8 Å². The molecule has 1 amide bonds. The molecule has 0 saturated heterocycles. The summed E-state index contributed by atoms with van der Waals surface area (Å²) in [5.41, 5.74) is 7.82. The Morgan fingerprint density at radius 1 is 1.38 bits per heavy atom. The molecule has 108 valence electrons. The fourth-order valence-electron chi connectivity index (χ4n) is 1.97. The van der Waals surface area contributed by atoms with Crippen molar-refractivity contribution in [2.45, 2.75) is 6.54 Å². The number of carbonyl (C=O) groups is 1. The molecule has 2 rings (SSSR count). The minimum Gasteiger partial charge on any atom is -0.337 e. The van der Waals surface area contributed by atoms with E-state index >= 15 is 0 Å². The van der Waals surface area contributed by atoms with Crippen LogP contribution in [0.25, 0.3) is 0 Å². The van der Waals surface area contributed by atoms with Gasteiger partial charge >= 0.3 is 0 Å². The maximum atomic E-state index is 12.3. The lowest BCUT2D eigenvalue weighted by Crippen LogP contribution is -2.25. The topological polar surface area (TPSA) is 64.2 Å². The molecule has 0 aliphatic carbocycles. The number of hydrogen-bond donors (Lipinski definition) is 1. The molecule has 0 radical (unpaired) electrons. The summed E-state index contributed by atoms with van der Waals surface area (Å²) in [6, 6.07) is 7.22. The van der Waals surface area contributed by atoms with E-state index in [1.54, 1.807) is 35.0 Å². The minimum absolute atomic E-state index is 0.0304. The smallest absolute Gasteiger partial charge is 0.253 e. The highest BCUT2D eigenvalue weighted by atomic mass is 16.2. The molecular formula is C16H18N4O. The van der Waals surface area contributed by atoms with Crippen molar-refractivity contribution < 1.29 is 4.79 Å². The Labute approximate surface area is 124 Å². The Bertz CT molecular complexity index is 676. The van der Waals surface area contributed by atoms with Crippen molar-refractivity contribution in [1.82, 2.24) is 14.7 Å². The number of carbonyl (C=O) groups excluding carboxylic acids is 1. The Balaban J connectivity index is 2.05. The zero-order valence-electron chi connectivity index (χ0n) is 12.2. The average molecular weight is 282 g/mol. The predicted octanol–water partition coefficient (Wildman–Crippen LogP) is 1.00. The molecule has 21 heavy (non-hydrogen) atoms. The van der Waals surface area contributed by atoms with Crippen LogP contribution < -0.4 is 5.73 Å². The van der Waals surface area contributed by atoms with Gasteiger partial charge in [0.15, 0.2) is 0 Å². The summed E-state index contributed by atoms with van der Waals surface area (Å²) in [5, 5.41) is 4.10. The minimum atomic E-state index is -0.0304. The van der Waals surface area contributed by atoms with E-state index in [2.05, 4.69) is 16.9 Å². The van der Waals surface area contributed by atoms with Gasteiger partial charge < -0.3 is 10.6 Å². The lowest BCUT2D eigenvalue weighted by Gasteiger charge is -2.16. The third kappa shape index (κ3) is 3.94. The van der Waals surface area contributed by atoms with Crippen LogP contribution in [0.15, 0.2) is 36.7 Å². The molecule has 0 atom stereocenters. The van der Waals surface area contributed by atoms with E-state index in [1.165, 1.54) is 0 Å². The summed E-state index contributed by atoms with van der Waals surface area (Å²) in [4.78, 5) is 14.0. The molecule has 0 aliphatic heterocycles. The molecule has 1 heterocycles. The maximum Gasteiger partial charge on any atom is 0.253 e. The molecule has 0 aliphatic rings. The first-order valence-electron chi connectivity index (χ1n) is 6.62. The number of nitrogens with zero attached hydrogens (tertiary/aromatic N) is 3. The number of aromatic nitrogens is 2. The average Bonchev–Trinajstić information content (AvgIpc) is 2.90. The van der Waals surface area contributed by atoms with Crippen molar-refractivity contribution in [2.24, 2.45) is 12.8 Å². The monoisotopic (exact) mass is 282 g/mol. The second-order valence-electron chi connectivity index (χ2n) is 4.77. The molecule has 5 heteroatoms. The number of rotatable bonds is 3. The Hall–Kier alpha value is -2.58. The lowest BCUT2D eigenvalue weighted by atomic mass is 10.1. The van der Waals surface area contributed by atoms with Gasteiger partial charge in [-0.15, -0.1) is 0 Å². The molecule has 0 bridgehead atoms. The van der Waals surface area contributed by atoms with E-state index < -0.39 is 0 Å². The number of benzene rings is 1. The molecule has 0 saturated carbocycles. The summed E-state index contributed by atoms with van der Waals surface area (Å²) >= 11 is 0. The first kappa shape index (κ1) is 14.8. The van der Waals surface area contributed by atoms with Crippen molar-refractivity contribution in [3.05, 3.63) is 53.3 Å². The fraction of sp³-hybridized carbons (Fsp3) is 0.250. The van der Waals surface area contributed by atoms with Crippen molar-refractivity contribution in [1.29, 1.82) is 0 Å². The van der Waals surface area contributed by atoms with E-state index in [-0.39, 0.29) is 5.91 Å². The highest BCUT2D eigenvalue weighted by Crippen LogP contribution is 2.09. The summed E-state index contributed by atoms with van der Waals surface area (Å²) in [5.74, 6) is 5.69. The summed E-state index contributed by atoms with van der Waals surface area (Å²) < 4.78 is 1.72. The molecule has 1 aromatic heterocycles.